The number of aromatic nitrogens is 1. The van der Waals surface area contributed by atoms with Crippen molar-refractivity contribution in [1.29, 1.82) is 0 Å². The average molecular weight is 326 g/mol. The van der Waals surface area contributed by atoms with Crippen LogP contribution >= 0.6 is 0 Å². The molecule has 2 atom stereocenters. The van der Waals surface area contributed by atoms with E-state index in [2.05, 4.69) is 4.98 Å². The standard InChI is InChI=1S/C19H22N2O3/c1-24-16-6-4-14(5-7-16)12-19(23)21-10-8-18(22)17(21)11-15-3-2-9-20-13-15/h2-7,9,13,17-18,22H,8,10-12H2,1H3/t17-,18-/m0/s1. The average Bonchev–Trinajstić information content (AvgIpc) is 2.97. The lowest BCUT2D eigenvalue weighted by molar-refractivity contribution is -0.132. The first-order chi connectivity index (χ1) is 11.7. The van der Waals surface area contributed by atoms with E-state index in [1.165, 1.54) is 0 Å². The number of hydrogen-bond acceptors (Lipinski definition) is 4. The summed E-state index contributed by atoms with van der Waals surface area (Å²) >= 11 is 0. The van der Waals surface area contributed by atoms with E-state index in [1.807, 2.05) is 41.3 Å². The highest BCUT2D eigenvalue weighted by atomic mass is 16.5. The molecular formula is C19H22N2O3. The second-order valence-corrected chi connectivity index (χ2v) is 6.10. The number of aliphatic hydroxyl groups is 1. The molecule has 0 unspecified atom stereocenters. The Hall–Kier alpha value is -2.40. The fraction of sp³-hybridized carbons (Fsp3) is 0.368. The molecule has 2 heterocycles. The predicted octanol–water partition coefficient (Wildman–Crippen LogP) is 1.84. The van der Waals surface area contributed by atoms with Crippen molar-refractivity contribution in [2.24, 2.45) is 0 Å². The Bertz CT molecular complexity index is 673. The normalized spacial score (nSPS) is 20.2. The van der Waals surface area contributed by atoms with Gasteiger partial charge in [0.2, 0.25) is 5.91 Å². The van der Waals surface area contributed by atoms with Gasteiger partial charge in [-0.2, -0.15) is 0 Å². The molecule has 1 aliphatic rings. The number of methoxy groups -OCH3 is 1. The molecule has 1 N–H and O–H groups in total. The molecule has 0 aliphatic carbocycles. The van der Waals surface area contributed by atoms with E-state index in [-0.39, 0.29) is 11.9 Å². The van der Waals surface area contributed by atoms with Gasteiger partial charge >= 0.3 is 0 Å². The van der Waals surface area contributed by atoms with Gasteiger partial charge in [0.05, 0.1) is 25.7 Å². The van der Waals surface area contributed by atoms with Gasteiger partial charge in [-0.05, 0) is 42.2 Å². The van der Waals surface area contributed by atoms with Crippen LogP contribution in [0.4, 0.5) is 0 Å². The Kier molecular flexibility index (Phi) is 5.11. The number of hydrogen-bond donors (Lipinski definition) is 1. The highest BCUT2D eigenvalue weighted by Crippen LogP contribution is 2.23. The molecule has 5 nitrogen and oxygen atoms in total. The summed E-state index contributed by atoms with van der Waals surface area (Å²) in [6.07, 6.45) is 4.62. The Morgan fingerprint density at radius 1 is 1.29 bits per heavy atom. The SMILES string of the molecule is COc1ccc(CC(=O)N2CC[C@H](O)[C@@H]2Cc2cccnc2)cc1. The zero-order valence-electron chi connectivity index (χ0n) is 13.8. The first-order valence-corrected chi connectivity index (χ1v) is 8.17. The van der Waals surface area contributed by atoms with Crippen molar-refractivity contribution in [3.8, 4) is 5.75 Å². The molecule has 1 aromatic carbocycles. The molecule has 1 aliphatic heterocycles. The fourth-order valence-electron chi connectivity index (χ4n) is 3.17. The second-order valence-electron chi connectivity index (χ2n) is 6.10. The first-order valence-electron chi connectivity index (χ1n) is 8.17. The van der Waals surface area contributed by atoms with Gasteiger partial charge < -0.3 is 14.7 Å². The number of pyridine rings is 1. The van der Waals surface area contributed by atoms with Gasteiger partial charge in [0.25, 0.3) is 0 Å². The molecule has 1 fully saturated rings. The molecule has 0 bridgehead atoms. The van der Waals surface area contributed by atoms with Gasteiger partial charge in [0, 0.05) is 18.9 Å². The van der Waals surface area contributed by atoms with Gasteiger partial charge in [-0.3, -0.25) is 9.78 Å². The third kappa shape index (κ3) is 3.74. The minimum absolute atomic E-state index is 0.0469. The van der Waals surface area contributed by atoms with Crippen molar-refractivity contribution in [1.82, 2.24) is 9.88 Å². The Labute approximate surface area is 141 Å². The third-order valence-electron chi connectivity index (χ3n) is 4.51. The Morgan fingerprint density at radius 3 is 2.75 bits per heavy atom. The van der Waals surface area contributed by atoms with Crippen molar-refractivity contribution in [3.05, 3.63) is 59.9 Å². The summed E-state index contributed by atoms with van der Waals surface area (Å²) < 4.78 is 5.14. The lowest BCUT2D eigenvalue weighted by Gasteiger charge is -2.26. The van der Waals surface area contributed by atoms with Gasteiger partial charge in [0.1, 0.15) is 5.75 Å². The first kappa shape index (κ1) is 16.5. The Morgan fingerprint density at radius 2 is 2.08 bits per heavy atom. The van der Waals surface area contributed by atoms with Gasteiger partial charge in [0.15, 0.2) is 0 Å². The molecule has 2 aromatic rings. The maximum absolute atomic E-state index is 12.7. The van der Waals surface area contributed by atoms with E-state index in [4.69, 9.17) is 4.74 Å². The highest BCUT2D eigenvalue weighted by molar-refractivity contribution is 5.79. The lowest BCUT2D eigenvalue weighted by Crippen LogP contribution is -2.41. The molecule has 0 saturated carbocycles. The number of amides is 1. The monoisotopic (exact) mass is 326 g/mol. The van der Waals surface area contributed by atoms with E-state index in [9.17, 15) is 9.90 Å². The summed E-state index contributed by atoms with van der Waals surface area (Å²) in [6.45, 7) is 0.598. The fourth-order valence-corrected chi connectivity index (χ4v) is 3.17. The number of carbonyl (C=O) groups is 1. The molecule has 0 spiro atoms. The molecule has 126 valence electrons. The maximum atomic E-state index is 12.7. The minimum atomic E-state index is -0.481. The van der Waals surface area contributed by atoms with Gasteiger partial charge in [-0.15, -0.1) is 0 Å². The molecule has 1 aromatic heterocycles. The third-order valence-corrected chi connectivity index (χ3v) is 4.51. The quantitative estimate of drug-likeness (QED) is 0.911. The van der Waals surface area contributed by atoms with E-state index in [1.54, 1.807) is 19.5 Å². The van der Waals surface area contributed by atoms with E-state index >= 15 is 0 Å². The van der Waals surface area contributed by atoms with Gasteiger partial charge in [-0.25, -0.2) is 0 Å². The number of nitrogens with zero attached hydrogens (tertiary/aromatic N) is 2. The summed E-state index contributed by atoms with van der Waals surface area (Å²) in [5.41, 5.74) is 1.98. The van der Waals surface area contributed by atoms with E-state index < -0.39 is 6.10 Å². The largest absolute Gasteiger partial charge is 0.497 e. The van der Waals surface area contributed by atoms with Crippen molar-refractivity contribution in [3.63, 3.8) is 0 Å². The molecule has 24 heavy (non-hydrogen) atoms. The van der Waals surface area contributed by atoms with E-state index in [0.717, 1.165) is 16.9 Å². The molecule has 1 saturated heterocycles. The van der Waals surface area contributed by atoms with Crippen LogP contribution in [0.25, 0.3) is 0 Å². The van der Waals surface area contributed by atoms with Crippen LogP contribution in [0.5, 0.6) is 5.75 Å². The number of carbonyl (C=O) groups excluding carboxylic acids is 1. The molecular weight excluding hydrogens is 304 g/mol. The zero-order valence-corrected chi connectivity index (χ0v) is 13.8. The number of ether oxygens (including phenoxy) is 1. The number of likely N-dealkylation sites (tertiary alicyclic amines) is 1. The Balaban J connectivity index is 1.68. The zero-order chi connectivity index (χ0) is 16.9. The topological polar surface area (TPSA) is 62.7 Å². The van der Waals surface area contributed by atoms with Crippen LogP contribution in [-0.2, 0) is 17.6 Å². The van der Waals surface area contributed by atoms with E-state index in [0.29, 0.717) is 25.8 Å². The molecule has 1 amide bonds. The smallest absolute Gasteiger partial charge is 0.227 e. The summed E-state index contributed by atoms with van der Waals surface area (Å²) in [6, 6.07) is 11.2. The second kappa shape index (κ2) is 7.45. The van der Waals surface area contributed by atoms with Crippen LogP contribution in [-0.4, -0.2) is 46.7 Å². The van der Waals surface area contributed by atoms with Gasteiger partial charge in [-0.1, -0.05) is 18.2 Å². The van der Waals surface area contributed by atoms with Crippen molar-refractivity contribution < 1.29 is 14.6 Å². The summed E-state index contributed by atoms with van der Waals surface area (Å²) in [7, 11) is 1.62. The van der Waals surface area contributed by atoms with Crippen molar-refractivity contribution >= 4 is 5.91 Å². The minimum Gasteiger partial charge on any atom is -0.497 e. The predicted molar refractivity (Wildman–Crippen MR) is 90.8 cm³/mol. The van der Waals surface area contributed by atoms with Crippen molar-refractivity contribution in [2.45, 2.75) is 31.4 Å². The van der Waals surface area contributed by atoms with Crippen LogP contribution in [0.3, 0.4) is 0 Å². The summed E-state index contributed by atoms with van der Waals surface area (Å²) in [5, 5.41) is 10.3. The van der Waals surface area contributed by atoms with Crippen LogP contribution in [0, 0.1) is 0 Å². The maximum Gasteiger partial charge on any atom is 0.227 e. The van der Waals surface area contributed by atoms with Crippen LogP contribution in [0.15, 0.2) is 48.8 Å². The summed E-state index contributed by atoms with van der Waals surface area (Å²) in [5.74, 6) is 0.822. The number of aliphatic hydroxyl groups excluding tert-OH is 1. The molecule has 3 rings (SSSR count). The van der Waals surface area contributed by atoms with Crippen LogP contribution in [0.1, 0.15) is 17.5 Å². The highest BCUT2D eigenvalue weighted by Gasteiger charge is 2.35. The number of benzene rings is 1. The van der Waals surface area contributed by atoms with Crippen LogP contribution < -0.4 is 4.74 Å². The summed E-state index contributed by atoms with van der Waals surface area (Å²) in [4.78, 5) is 18.6. The molecule has 5 heteroatoms. The van der Waals surface area contributed by atoms with Crippen LogP contribution in [0.2, 0.25) is 0 Å². The molecule has 0 radical (unpaired) electrons. The number of rotatable bonds is 5. The van der Waals surface area contributed by atoms with Crippen molar-refractivity contribution in [2.75, 3.05) is 13.7 Å². The lowest BCUT2D eigenvalue weighted by atomic mass is 10.0.